The van der Waals surface area contributed by atoms with Crippen molar-refractivity contribution in [2.45, 2.75) is 84.1 Å². The monoisotopic (exact) mass is 366 g/mol. The quantitative estimate of drug-likeness (QED) is 0.703. The molecule has 2 amide bonds. The second-order valence-corrected chi connectivity index (χ2v) is 8.75. The molecule has 2 atom stereocenters. The van der Waals surface area contributed by atoms with Crippen LogP contribution in [0.1, 0.15) is 60.8 Å². The minimum absolute atomic E-state index is 0.266. The molecular formula is C19H30N2O5. The third kappa shape index (κ3) is 4.99. The normalized spacial score (nSPS) is 23.3. The zero-order valence-electron chi connectivity index (χ0n) is 16.6. The highest BCUT2D eigenvalue weighted by atomic mass is 16.6. The van der Waals surface area contributed by atoms with Gasteiger partial charge in [0.25, 0.3) is 0 Å². The highest BCUT2D eigenvalue weighted by Crippen LogP contribution is 2.26. The second-order valence-electron chi connectivity index (χ2n) is 8.75. The summed E-state index contributed by atoms with van der Waals surface area (Å²) in [5.74, 6) is -0.698. The summed E-state index contributed by atoms with van der Waals surface area (Å²) in [6.45, 7) is 11.2. The van der Waals surface area contributed by atoms with Crippen LogP contribution in [0.25, 0.3) is 0 Å². The Morgan fingerprint density at radius 2 is 1.58 bits per heavy atom. The first kappa shape index (κ1) is 20.3. The molecule has 7 nitrogen and oxygen atoms in total. The number of rotatable bonds is 2. The molecule has 2 aliphatic rings. The number of amides is 2. The summed E-state index contributed by atoms with van der Waals surface area (Å²) in [6, 6.07) is -1.29. The van der Waals surface area contributed by atoms with E-state index in [1.807, 2.05) is 0 Å². The van der Waals surface area contributed by atoms with Crippen molar-refractivity contribution in [3.8, 4) is 0 Å². The van der Waals surface area contributed by atoms with Gasteiger partial charge in [0.2, 0.25) is 5.91 Å². The van der Waals surface area contributed by atoms with Crippen LogP contribution in [0, 0.1) is 0 Å². The van der Waals surface area contributed by atoms with Crippen molar-refractivity contribution in [3.05, 3.63) is 12.3 Å². The maximum Gasteiger partial charge on any atom is 0.410 e. The summed E-state index contributed by atoms with van der Waals surface area (Å²) < 4.78 is 10.8. The molecule has 1 fully saturated rings. The zero-order chi connectivity index (χ0) is 19.7. The lowest BCUT2D eigenvalue weighted by Crippen LogP contribution is -2.51. The van der Waals surface area contributed by atoms with Gasteiger partial charge in [0, 0.05) is 12.7 Å². The second kappa shape index (κ2) is 7.29. The number of nitrogens with zero attached hydrogens (tertiary/aromatic N) is 2. The first-order valence-corrected chi connectivity index (χ1v) is 9.10. The van der Waals surface area contributed by atoms with E-state index in [4.69, 9.17) is 9.47 Å². The van der Waals surface area contributed by atoms with Crippen molar-refractivity contribution >= 4 is 18.0 Å². The molecular weight excluding hydrogens is 336 g/mol. The summed E-state index contributed by atoms with van der Waals surface area (Å²) in [5.41, 5.74) is -1.25. The van der Waals surface area contributed by atoms with E-state index < -0.39 is 35.3 Å². The van der Waals surface area contributed by atoms with Gasteiger partial charge in [-0.3, -0.25) is 9.69 Å². The maximum absolute atomic E-state index is 13.0. The van der Waals surface area contributed by atoms with Crippen LogP contribution in [0.3, 0.4) is 0 Å². The number of hydrogen-bond acceptors (Lipinski definition) is 5. The van der Waals surface area contributed by atoms with Gasteiger partial charge in [-0.05, 0) is 60.8 Å². The van der Waals surface area contributed by atoms with E-state index in [1.165, 1.54) is 9.80 Å². The van der Waals surface area contributed by atoms with Crippen LogP contribution in [0.2, 0.25) is 0 Å². The van der Waals surface area contributed by atoms with Crippen molar-refractivity contribution < 1.29 is 23.9 Å². The van der Waals surface area contributed by atoms with Crippen LogP contribution >= 0.6 is 0 Å². The van der Waals surface area contributed by atoms with Gasteiger partial charge in [0.15, 0.2) is 0 Å². The summed E-state index contributed by atoms with van der Waals surface area (Å²) in [7, 11) is 0. The van der Waals surface area contributed by atoms with E-state index >= 15 is 0 Å². The van der Waals surface area contributed by atoms with E-state index in [0.29, 0.717) is 19.4 Å². The molecule has 0 aromatic rings. The number of likely N-dealkylation sites (tertiary alicyclic amines) is 1. The molecule has 2 aliphatic heterocycles. The minimum Gasteiger partial charge on any atom is -0.458 e. The Labute approximate surface area is 155 Å². The molecule has 2 rings (SSSR count). The van der Waals surface area contributed by atoms with E-state index in [2.05, 4.69) is 0 Å². The minimum atomic E-state index is -0.678. The number of ether oxygens (including phenoxy) is 2. The first-order chi connectivity index (χ1) is 11.9. The summed E-state index contributed by atoms with van der Waals surface area (Å²) >= 11 is 0. The van der Waals surface area contributed by atoms with Gasteiger partial charge in [-0.15, -0.1) is 0 Å². The third-order valence-corrected chi connectivity index (χ3v) is 4.06. The van der Waals surface area contributed by atoms with Gasteiger partial charge in [0.05, 0.1) is 0 Å². The van der Waals surface area contributed by atoms with E-state index in [-0.39, 0.29) is 5.91 Å². The van der Waals surface area contributed by atoms with Crippen molar-refractivity contribution in [2.24, 2.45) is 0 Å². The smallest absolute Gasteiger partial charge is 0.410 e. The Bertz CT molecular complexity index is 600. The summed E-state index contributed by atoms with van der Waals surface area (Å²) in [4.78, 5) is 40.7. The van der Waals surface area contributed by atoms with E-state index in [9.17, 15) is 14.4 Å². The lowest BCUT2D eigenvalue weighted by Gasteiger charge is -2.32. The number of carbonyl (C=O) groups is 3. The average Bonchev–Trinajstić information content (AvgIpc) is 3.12. The van der Waals surface area contributed by atoms with E-state index in [0.717, 1.165) is 6.42 Å². The van der Waals surface area contributed by atoms with Gasteiger partial charge < -0.3 is 14.4 Å². The molecule has 1 saturated heterocycles. The summed E-state index contributed by atoms with van der Waals surface area (Å²) in [6.07, 6.45) is 4.60. The topological polar surface area (TPSA) is 76.2 Å². The standard InChI is InChI=1S/C19H30N2O5/c1-18(2,3)25-16(23)14-10-8-11-20(14)15(22)13-9-7-12-21(13)17(24)26-19(4,5)6/h8,11,13-14H,7,9-10,12H2,1-6H3/t13-,14-/m0/s1. The van der Waals surface area contributed by atoms with Crippen LogP contribution in [-0.2, 0) is 19.1 Å². The lowest BCUT2D eigenvalue weighted by molar-refractivity contribution is -0.163. The number of esters is 1. The number of carbonyl (C=O) groups excluding carboxylic acids is 3. The average molecular weight is 366 g/mol. The highest BCUT2D eigenvalue weighted by Gasteiger charge is 2.42. The highest BCUT2D eigenvalue weighted by molar-refractivity contribution is 5.91. The maximum atomic E-state index is 13.0. The fraction of sp³-hybridized carbons (Fsp3) is 0.737. The predicted molar refractivity (Wildman–Crippen MR) is 96.2 cm³/mol. The molecule has 7 heteroatoms. The first-order valence-electron chi connectivity index (χ1n) is 9.10. The Morgan fingerprint density at radius 1 is 0.962 bits per heavy atom. The Kier molecular flexibility index (Phi) is 5.68. The Morgan fingerprint density at radius 3 is 2.15 bits per heavy atom. The molecule has 0 bridgehead atoms. The van der Waals surface area contributed by atoms with Crippen LogP contribution in [0.15, 0.2) is 12.3 Å². The molecule has 0 unspecified atom stereocenters. The van der Waals surface area contributed by atoms with Crippen LogP contribution < -0.4 is 0 Å². The molecule has 0 N–H and O–H groups in total. The molecule has 2 heterocycles. The van der Waals surface area contributed by atoms with Crippen LogP contribution in [-0.4, -0.2) is 57.6 Å². The van der Waals surface area contributed by atoms with Crippen molar-refractivity contribution in [2.75, 3.05) is 6.54 Å². The Balaban J connectivity index is 2.09. The van der Waals surface area contributed by atoms with Gasteiger partial charge in [0.1, 0.15) is 23.3 Å². The molecule has 0 saturated carbocycles. The van der Waals surface area contributed by atoms with Crippen molar-refractivity contribution in [3.63, 3.8) is 0 Å². The SMILES string of the molecule is CC(C)(C)OC(=O)[C@@H]1CC=CN1C(=O)[C@@H]1CCCN1C(=O)OC(C)(C)C. The fourth-order valence-electron chi connectivity index (χ4n) is 3.06. The molecule has 0 aromatic carbocycles. The van der Waals surface area contributed by atoms with Gasteiger partial charge >= 0.3 is 12.1 Å². The lowest BCUT2D eigenvalue weighted by atomic mass is 10.1. The van der Waals surface area contributed by atoms with Gasteiger partial charge in [-0.2, -0.15) is 0 Å². The van der Waals surface area contributed by atoms with E-state index in [1.54, 1.807) is 53.8 Å². The number of hydrogen-bond donors (Lipinski definition) is 0. The molecule has 0 radical (unpaired) electrons. The molecule has 146 valence electrons. The largest absolute Gasteiger partial charge is 0.458 e. The van der Waals surface area contributed by atoms with Gasteiger partial charge in [-0.1, -0.05) is 6.08 Å². The van der Waals surface area contributed by atoms with Crippen LogP contribution in [0.5, 0.6) is 0 Å². The third-order valence-electron chi connectivity index (χ3n) is 4.06. The van der Waals surface area contributed by atoms with Gasteiger partial charge in [-0.25, -0.2) is 9.59 Å². The summed E-state index contributed by atoms with van der Waals surface area (Å²) in [5, 5.41) is 0. The molecule has 0 spiro atoms. The molecule has 26 heavy (non-hydrogen) atoms. The van der Waals surface area contributed by atoms with Crippen molar-refractivity contribution in [1.29, 1.82) is 0 Å². The van der Waals surface area contributed by atoms with Crippen LogP contribution in [0.4, 0.5) is 4.79 Å². The Hall–Kier alpha value is -2.05. The molecule has 0 aromatic heterocycles. The van der Waals surface area contributed by atoms with Crippen molar-refractivity contribution in [1.82, 2.24) is 9.80 Å². The fourth-order valence-corrected chi connectivity index (χ4v) is 3.06. The zero-order valence-corrected chi connectivity index (χ0v) is 16.6. The predicted octanol–water partition coefficient (Wildman–Crippen LogP) is 2.84. The molecule has 0 aliphatic carbocycles.